The van der Waals surface area contributed by atoms with Crippen molar-refractivity contribution in [3.63, 3.8) is 0 Å². The van der Waals surface area contributed by atoms with Crippen molar-refractivity contribution in [1.29, 1.82) is 0 Å². The van der Waals surface area contributed by atoms with Crippen molar-refractivity contribution >= 4 is 11.9 Å². The maximum Gasteiger partial charge on any atom is 0.305 e. The number of rotatable bonds is 35. The van der Waals surface area contributed by atoms with E-state index in [0.29, 0.717) is 25.9 Å². The Hall–Kier alpha value is -1.62. The van der Waals surface area contributed by atoms with Crippen LogP contribution in [0.1, 0.15) is 194 Å². The van der Waals surface area contributed by atoms with E-state index in [-0.39, 0.29) is 25.1 Å². The van der Waals surface area contributed by atoms with Gasteiger partial charge in [-0.1, -0.05) is 141 Å². The average Bonchev–Trinajstić information content (AvgIpc) is 3.04. The SMILES string of the molecule is CCCCCCCC/C=C\CCCCCCCC(=O)OCCN(CCO)C(=O)CCCCCCC/C=C\CCCCCCCC. The summed E-state index contributed by atoms with van der Waals surface area (Å²) in [4.78, 5) is 26.4. The van der Waals surface area contributed by atoms with Crippen LogP contribution in [0.15, 0.2) is 24.3 Å². The topological polar surface area (TPSA) is 66.8 Å². The molecule has 264 valence electrons. The highest BCUT2D eigenvalue weighted by atomic mass is 16.5. The number of amides is 1. The zero-order valence-electron chi connectivity index (χ0n) is 30.1. The van der Waals surface area contributed by atoms with Crippen molar-refractivity contribution in [3.05, 3.63) is 24.3 Å². The summed E-state index contributed by atoms with van der Waals surface area (Å²) in [5.41, 5.74) is 0. The van der Waals surface area contributed by atoms with Gasteiger partial charge in [0, 0.05) is 19.4 Å². The van der Waals surface area contributed by atoms with Gasteiger partial charge < -0.3 is 14.7 Å². The number of esters is 1. The van der Waals surface area contributed by atoms with Gasteiger partial charge in [0.1, 0.15) is 6.61 Å². The highest BCUT2D eigenvalue weighted by Crippen LogP contribution is 2.12. The monoisotopic (exact) mass is 634 g/mol. The second-order valence-electron chi connectivity index (χ2n) is 13.0. The maximum atomic E-state index is 12.6. The van der Waals surface area contributed by atoms with Crippen LogP contribution in [0.3, 0.4) is 0 Å². The molecule has 0 spiro atoms. The van der Waals surface area contributed by atoms with Crippen molar-refractivity contribution in [2.75, 3.05) is 26.3 Å². The van der Waals surface area contributed by atoms with E-state index < -0.39 is 0 Å². The zero-order chi connectivity index (χ0) is 32.9. The number of ether oxygens (including phenoxy) is 1. The van der Waals surface area contributed by atoms with E-state index in [2.05, 4.69) is 38.2 Å². The first-order valence-corrected chi connectivity index (χ1v) is 19.5. The Kier molecular flexibility index (Phi) is 35.5. The molecule has 0 atom stereocenters. The molecular weight excluding hydrogens is 558 g/mol. The van der Waals surface area contributed by atoms with E-state index in [1.165, 1.54) is 116 Å². The molecular formula is C40H75NO4. The Morgan fingerprint density at radius 1 is 0.511 bits per heavy atom. The number of carbonyl (C=O) groups is 2. The molecule has 0 fully saturated rings. The predicted molar refractivity (Wildman–Crippen MR) is 194 cm³/mol. The Morgan fingerprint density at radius 3 is 1.31 bits per heavy atom. The van der Waals surface area contributed by atoms with Crippen molar-refractivity contribution in [2.45, 2.75) is 194 Å². The number of hydrogen-bond acceptors (Lipinski definition) is 4. The number of aliphatic hydroxyl groups excluding tert-OH is 1. The molecule has 0 bridgehead atoms. The first kappa shape index (κ1) is 43.4. The molecule has 45 heavy (non-hydrogen) atoms. The average molecular weight is 634 g/mol. The van der Waals surface area contributed by atoms with Gasteiger partial charge in [-0.2, -0.15) is 0 Å². The lowest BCUT2D eigenvalue weighted by atomic mass is 10.1. The summed E-state index contributed by atoms with van der Waals surface area (Å²) in [5, 5.41) is 9.39. The van der Waals surface area contributed by atoms with E-state index in [4.69, 9.17) is 4.74 Å². The first-order chi connectivity index (χ1) is 22.2. The maximum absolute atomic E-state index is 12.6. The standard InChI is InChI=1S/C40H75NO4/c1-3-5-7-9-11-13-15-17-19-21-23-25-27-29-31-33-39(43)41(35-37-42)36-38-45-40(44)34-32-30-28-26-24-22-20-18-16-14-12-10-8-6-4-2/h17-20,42H,3-16,21-38H2,1-2H3/b19-17-,20-18-. The summed E-state index contributed by atoms with van der Waals surface area (Å²) >= 11 is 0. The first-order valence-electron chi connectivity index (χ1n) is 19.5. The van der Waals surface area contributed by atoms with E-state index in [0.717, 1.165) is 51.4 Å². The molecule has 0 aromatic carbocycles. The quantitative estimate of drug-likeness (QED) is 0.0428. The Morgan fingerprint density at radius 2 is 0.889 bits per heavy atom. The fraction of sp³-hybridized carbons (Fsp3) is 0.850. The lowest BCUT2D eigenvalue weighted by Gasteiger charge is -2.21. The largest absolute Gasteiger partial charge is 0.464 e. The molecule has 5 heteroatoms. The highest BCUT2D eigenvalue weighted by Gasteiger charge is 2.13. The third-order valence-corrected chi connectivity index (χ3v) is 8.64. The van der Waals surface area contributed by atoms with Gasteiger partial charge in [0.25, 0.3) is 0 Å². The fourth-order valence-electron chi connectivity index (χ4n) is 5.67. The van der Waals surface area contributed by atoms with Gasteiger partial charge in [0.15, 0.2) is 0 Å². The van der Waals surface area contributed by atoms with Gasteiger partial charge in [0.05, 0.1) is 13.2 Å². The van der Waals surface area contributed by atoms with Crippen molar-refractivity contribution < 1.29 is 19.4 Å². The van der Waals surface area contributed by atoms with Gasteiger partial charge in [-0.3, -0.25) is 9.59 Å². The van der Waals surface area contributed by atoms with Crippen LogP contribution in [0.4, 0.5) is 0 Å². The molecule has 1 amide bonds. The number of carbonyl (C=O) groups excluding carboxylic acids is 2. The summed E-state index contributed by atoms with van der Waals surface area (Å²) in [6.07, 6.45) is 42.4. The van der Waals surface area contributed by atoms with Crippen molar-refractivity contribution in [3.8, 4) is 0 Å². The van der Waals surface area contributed by atoms with E-state index in [9.17, 15) is 14.7 Å². The Bertz CT molecular complexity index is 690. The Balaban J connectivity index is 3.68. The molecule has 1 N–H and O–H groups in total. The van der Waals surface area contributed by atoms with Crippen molar-refractivity contribution in [1.82, 2.24) is 4.90 Å². The van der Waals surface area contributed by atoms with E-state index in [1.54, 1.807) is 4.90 Å². The normalized spacial score (nSPS) is 11.6. The number of allylic oxidation sites excluding steroid dienone is 4. The number of nitrogens with zero attached hydrogens (tertiary/aromatic N) is 1. The van der Waals surface area contributed by atoms with Crippen LogP contribution >= 0.6 is 0 Å². The minimum Gasteiger partial charge on any atom is -0.464 e. The van der Waals surface area contributed by atoms with Gasteiger partial charge in [0.2, 0.25) is 5.91 Å². The molecule has 0 aliphatic carbocycles. The lowest BCUT2D eigenvalue weighted by molar-refractivity contribution is -0.146. The van der Waals surface area contributed by atoms with Gasteiger partial charge >= 0.3 is 5.97 Å². The second kappa shape index (κ2) is 36.8. The summed E-state index contributed by atoms with van der Waals surface area (Å²) < 4.78 is 5.39. The summed E-state index contributed by atoms with van der Waals surface area (Å²) in [5.74, 6) is -0.128. The molecule has 0 aromatic heterocycles. The van der Waals surface area contributed by atoms with Crippen LogP contribution in [-0.2, 0) is 14.3 Å². The molecule has 0 saturated carbocycles. The molecule has 0 aliphatic rings. The highest BCUT2D eigenvalue weighted by molar-refractivity contribution is 5.76. The molecule has 0 saturated heterocycles. The van der Waals surface area contributed by atoms with E-state index in [1.807, 2.05) is 0 Å². The summed E-state index contributed by atoms with van der Waals surface area (Å²) in [6.45, 7) is 5.33. The Labute approximate surface area is 280 Å². The molecule has 5 nitrogen and oxygen atoms in total. The molecule has 0 rings (SSSR count). The number of hydrogen-bond donors (Lipinski definition) is 1. The predicted octanol–water partition coefficient (Wildman–Crippen LogP) is 11.4. The zero-order valence-corrected chi connectivity index (χ0v) is 30.1. The third-order valence-electron chi connectivity index (χ3n) is 8.64. The van der Waals surface area contributed by atoms with Crippen LogP contribution in [0.25, 0.3) is 0 Å². The van der Waals surface area contributed by atoms with Crippen molar-refractivity contribution in [2.24, 2.45) is 0 Å². The van der Waals surface area contributed by atoms with Crippen LogP contribution in [0.2, 0.25) is 0 Å². The van der Waals surface area contributed by atoms with Crippen LogP contribution in [-0.4, -0.2) is 48.2 Å². The minimum absolute atomic E-state index is 0.0509. The van der Waals surface area contributed by atoms with Crippen LogP contribution < -0.4 is 0 Å². The number of aliphatic hydroxyl groups is 1. The van der Waals surface area contributed by atoms with Gasteiger partial charge in [-0.15, -0.1) is 0 Å². The molecule has 0 unspecified atom stereocenters. The summed E-state index contributed by atoms with van der Waals surface area (Å²) in [7, 11) is 0. The van der Waals surface area contributed by atoms with Gasteiger partial charge in [-0.05, 0) is 64.2 Å². The van der Waals surface area contributed by atoms with Crippen LogP contribution in [0, 0.1) is 0 Å². The lowest BCUT2D eigenvalue weighted by Crippen LogP contribution is -2.36. The summed E-state index contributed by atoms with van der Waals surface area (Å²) in [6, 6.07) is 0. The number of unbranched alkanes of at least 4 members (excludes halogenated alkanes) is 22. The molecule has 0 aliphatic heterocycles. The molecule has 0 radical (unpaired) electrons. The third kappa shape index (κ3) is 33.6. The fourth-order valence-corrected chi connectivity index (χ4v) is 5.67. The molecule has 0 aromatic rings. The second-order valence-corrected chi connectivity index (χ2v) is 13.0. The smallest absolute Gasteiger partial charge is 0.305 e. The van der Waals surface area contributed by atoms with Gasteiger partial charge in [-0.25, -0.2) is 0 Å². The van der Waals surface area contributed by atoms with Crippen LogP contribution in [0.5, 0.6) is 0 Å². The van der Waals surface area contributed by atoms with E-state index >= 15 is 0 Å². The molecule has 0 heterocycles. The minimum atomic E-state index is -0.179.